The van der Waals surface area contributed by atoms with Crippen molar-refractivity contribution >= 4 is 17.0 Å². The van der Waals surface area contributed by atoms with Gasteiger partial charge in [-0.1, -0.05) is 0 Å². The van der Waals surface area contributed by atoms with Crippen LogP contribution in [0.5, 0.6) is 0 Å². The third-order valence-electron chi connectivity index (χ3n) is 4.45. The van der Waals surface area contributed by atoms with Crippen molar-refractivity contribution in [3.63, 3.8) is 0 Å². The molecule has 2 aromatic carbocycles. The Hall–Kier alpha value is -3.14. The van der Waals surface area contributed by atoms with Gasteiger partial charge in [0.25, 0.3) is 6.43 Å². The molecular weight excluding hydrogens is 411 g/mol. The van der Waals surface area contributed by atoms with E-state index in [0.29, 0.717) is 22.9 Å². The molecule has 3 rings (SSSR count). The normalized spacial score (nSPS) is 12.4. The van der Waals surface area contributed by atoms with Crippen LogP contribution in [-0.2, 0) is 11.2 Å². The molecule has 5 nitrogen and oxygen atoms in total. The number of carbonyl (C=O) groups is 1. The number of aromatic amines is 1. The van der Waals surface area contributed by atoms with Gasteiger partial charge in [0.05, 0.1) is 18.7 Å². The van der Waals surface area contributed by atoms with Gasteiger partial charge in [0.1, 0.15) is 23.5 Å². The second-order valence-corrected chi connectivity index (χ2v) is 6.45. The van der Waals surface area contributed by atoms with Crippen molar-refractivity contribution in [2.45, 2.75) is 18.9 Å². The molecule has 0 saturated carbocycles. The summed E-state index contributed by atoms with van der Waals surface area (Å²) < 4.78 is 71.3. The summed E-state index contributed by atoms with van der Waals surface area (Å²) in [5.41, 5.74) is 1.29. The van der Waals surface area contributed by atoms with Gasteiger partial charge in [0.2, 0.25) is 0 Å². The molecule has 0 saturated heterocycles. The fraction of sp³-hybridized carbons (Fsp3) is 0.250. The first-order valence-corrected chi connectivity index (χ1v) is 8.88. The number of H-pyrrole nitrogens is 1. The van der Waals surface area contributed by atoms with Crippen LogP contribution in [0.1, 0.15) is 5.56 Å². The number of ether oxygens (including phenoxy) is 1. The summed E-state index contributed by atoms with van der Waals surface area (Å²) in [5.74, 6) is -2.13. The van der Waals surface area contributed by atoms with E-state index in [1.165, 1.54) is 24.3 Å². The maximum atomic E-state index is 14.2. The van der Waals surface area contributed by atoms with Gasteiger partial charge in [-0.3, -0.25) is 0 Å². The van der Waals surface area contributed by atoms with Crippen LogP contribution < -0.4 is 5.32 Å². The number of benzene rings is 2. The van der Waals surface area contributed by atoms with Gasteiger partial charge < -0.3 is 20.1 Å². The van der Waals surface area contributed by atoms with Crippen molar-refractivity contribution in [2.75, 3.05) is 13.2 Å². The summed E-state index contributed by atoms with van der Waals surface area (Å²) in [4.78, 5) is 14.5. The zero-order valence-electron chi connectivity index (χ0n) is 15.4. The number of aliphatic hydroxyl groups excluding tert-OH is 1. The molecule has 1 atom stereocenters. The number of rotatable bonds is 7. The van der Waals surface area contributed by atoms with Gasteiger partial charge in [0, 0.05) is 23.6 Å². The predicted molar refractivity (Wildman–Crippen MR) is 98.7 cm³/mol. The van der Waals surface area contributed by atoms with Crippen LogP contribution in [0.15, 0.2) is 36.4 Å². The molecule has 1 amide bonds. The second-order valence-electron chi connectivity index (χ2n) is 6.45. The van der Waals surface area contributed by atoms with Crippen LogP contribution in [0.2, 0.25) is 0 Å². The lowest BCUT2D eigenvalue weighted by Crippen LogP contribution is -2.43. The van der Waals surface area contributed by atoms with E-state index in [1.54, 1.807) is 0 Å². The van der Waals surface area contributed by atoms with Crippen molar-refractivity contribution in [3.05, 3.63) is 59.4 Å². The third kappa shape index (κ3) is 4.70. The highest BCUT2D eigenvalue weighted by atomic mass is 19.3. The lowest BCUT2D eigenvalue weighted by Gasteiger charge is -2.15. The minimum absolute atomic E-state index is 0.0124. The number of nitrogens with one attached hydrogen (secondary N) is 2. The van der Waals surface area contributed by atoms with E-state index in [4.69, 9.17) is 9.84 Å². The number of fused-ring (bicyclic) bond motifs is 1. The van der Waals surface area contributed by atoms with Crippen LogP contribution in [0, 0.1) is 17.5 Å². The van der Waals surface area contributed by atoms with Crippen molar-refractivity contribution in [1.29, 1.82) is 0 Å². The highest BCUT2D eigenvalue weighted by molar-refractivity contribution is 5.91. The number of hydrogen-bond donors (Lipinski definition) is 3. The first kappa shape index (κ1) is 21.6. The highest BCUT2D eigenvalue weighted by Gasteiger charge is 2.22. The quantitative estimate of drug-likeness (QED) is 0.495. The molecule has 3 N–H and O–H groups in total. The molecule has 10 heteroatoms. The molecule has 3 aromatic rings. The average Bonchev–Trinajstić information content (AvgIpc) is 3.05. The Morgan fingerprint density at radius 2 is 1.80 bits per heavy atom. The topological polar surface area (TPSA) is 74.3 Å². The van der Waals surface area contributed by atoms with E-state index in [1.807, 2.05) is 5.32 Å². The van der Waals surface area contributed by atoms with Gasteiger partial charge in [-0.15, -0.1) is 0 Å². The van der Waals surface area contributed by atoms with Crippen LogP contribution in [0.25, 0.3) is 22.2 Å². The Balaban J connectivity index is 1.85. The van der Waals surface area contributed by atoms with Crippen LogP contribution in [0.3, 0.4) is 0 Å². The fourth-order valence-corrected chi connectivity index (χ4v) is 3.02. The average molecular weight is 428 g/mol. The zero-order chi connectivity index (χ0) is 21.8. The monoisotopic (exact) mass is 428 g/mol. The van der Waals surface area contributed by atoms with Crippen LogP contribution in [-0.4, -0.2) is 41.9 Å². The van der Waals surface area contributed by atoms with Gasteiger partial charge in [-0.25, -0.2) is 26.7 Å². The predicted octanol–water partition coefficient (Wildman–Crippen LogP) is 4.15. The number of aliphatic hydroxyl groups is 1. The number of alkyl carbamates (subject to hydrolysis) is 1. The molecular formula is C20H17F5N2O3. The molecule has 1 heterocycles. The summed E-state index contributed by atoms with van der Waals surface area (Å²) in [7, 11) is 0. The lowest BCUT2D eigenvalue weighted by molar-refractivity contribution is 0.0585. The van der Waals surface area contributed by atoms with E-state index in [-0.39, 0.29) is 23.9 Å². The van der Waals surface area contributed by atoms with Crippen LogP contribution in [0.4, 0.5) is 26.7 Å². The van der Waals surface area contributed by atoms with Crippen LogP contribution >= 0.6 is 0 Å². The number of hydrogen-bond acceptors (Lipinski definition) is 3. The van der Waals surface area contributed by atoms with Crippen molar-refractivity contribution < 1.29 is 36.6 Å². The maximum absolute atomic E-state index is 14.2. The summed E-state index contributed by atoms with van der Waals surface area (Å²) in [5, 5.41) is 10.8. The fourth-order valence-electron chi connectivity index (χ4n) is 3.02. The summed E-state index contributed by atoms with van der Waals surface area (Å²) in [6.45, 7) is -1.27. The van der Waals surface area contributed by atoms with E-state index in [9.17, 15) is 26.7 Å². The molecule has 30 heavy (non-hydrogen) atoms. The zero-order valence-corrected chi connectivity index (χ0v) is 15.4. The smallest absolute Gasteiger partial charge is 0.407 e. The molecule has 0 bridgehead atoms. The lowest BCUT2D eigenvalue weighted by atomic mass is 10.0. The molecule has 0 radical (unpaired) electrons. The Morgan fingerprint density at radius 3 is 2.43 bits per heavy atom. The standard InChI is InChI=1S/C20H17F5N2O3/c21-11-3-1-10(2-4-11)17-13(14-7-12(22)8-15(23)18(14)27-17)5-6-30-20(29)26-16(9-28)19(24)25/h1-4,7-8,16,19,27-28H,5-6,9H2,(H,26,29)/t16-/m0/s1. The number of halogens is 5. The third-order valence-corrected chi connectivity index (χ3v) is 4.45. The van der Waals surface area contributed by atoms with E-state index >= 15 is 0 Å². The molecule has 160 valence electrons. The molecule has 1 aromatic heterocycles. The molecule has 0 aliphatic carbocycles. The molecule has 0 spiro atoms. The first-order valence-electron chi connectivity index (χ1n) is 8.88. The number of carbonyl (C=O) groups excluding carboxylic acids is 1. The Morgan fingerprint density at radius 1 is 1.10 bits per heavy atom. The first-order chi connectivity index (χ1) is 14.3. The van der Waals surface area contributed by atoms with E-state index in [0.717, 1.165) is 6.07 Å². The number of alkyl halides is 2. The second kappa shape index (κ2) is 9.12. The summed E-state index contributed by atoms with van der Waals surface area (Å²) in [6, 6.07) is 5.33. The maximum Gasteiger partial charge on any atom is 0.407 e. The summed E-state index contributed by atoms with van der Waals surface area (Å²) >= 11 is 0. The van der Waals surface area contributed by atoms with Gasteiger partial charge >= 0.3 is 6.09 Å². The molecule has 0 aliphatic rings. The largest absolute Gasteiger partial charge is 0.449 e. The van der Waals surface area contributed by atoms with Gasteiger partial charge in [-0.05, 0) is 41.5 Å². The Labute approximate surface area is 167 Å². The van der Waals surface area contributed by atoms with E-state index < -0.39 is 42.6 Å². The SMILES string of the molecule is O=C(N[C@@H](CO)C(F)F)OCCc1c(-c2ccc(F)cc2)[nH]c2c(F)cc(F)cc12. The molecule has 0 unspecified atom stereocenters. The highest BCUT2D eigenvalue weighted by Crippen LogP contribution is 2.33. The molecule has 0 aliphatic heterocycles. The van der Waals surface area contributed by atoms with Crippen molar-refractivity contribution in [3.8, 4) is 11.3 Å². The minimum atomic E-state index is -2.98. The Kier molecular flexibility index (Phi) is 6.56. The van der Waals surface area contributed by atoms with Gasteiger partial charge in [0.15, 0.2) is 0 Å². The Bertz CT molecular complexity index is 1040. The number of amides is 1. The van der Waals surface area contributed by atoms with Crippen molar-refractivity contribution in [2.24, 2.45) is 0 Å². The van der Waals surface area contributed by atoms with Crippen molar-refractivity contribution in [1.82, 2.24) is 10.3 Å². The summed E-state index contributed by atoms with van der Waals surface area (Å²) in [6.07, 6.45) is -4.16. The number of aromatic nitrogens is 1. The van der Waals surface area contributed by atoms with Gasteiger partial charge in [-0.2, -0.15) is 0 Å². The van der Waals surface area contributed by atoms with E-state index in [2.05, 4.69) is 4.98 Å². The minimum Gasteiger partial charge on any atom is -0.449 e. The molecule has 0 fully saturated rings.